The first-order valence-corrected chi connectivity index (χ1v) is 4.59. The molecular formula is C8H14O8. The molecule has 1 heterocycles. The summed E-state index contributed by atoms with van der Waals surface area (Å²) in [4.78, 5) is 10.4. The van der Waals surface area contributed by atoms with E-state index in [2.05, 4.69) is 0 Å². The molecule has 1 saturated heterocycles. The lowest BCUT2D eigenvalue weighted by molar-refractivity contribution is -0.349. The van der Waals surface area contributed by atoms with Crippen molar-refractivity contribution in [1.29, 1.82) is 0 Å². The largest absolute Gasteiger partial charge is 0.481 e. The molecule has 1 fully saturated rings. The number of aliphatic hydroxyl groups is 5. The second-order valence-corrected chi connectivity index (χ2v) is 3.68. The Labute approximate surface area is 90.3 Å². The molecule has 0 aliphatic carbocycles. The molecule has 0 amide bonds. The fourth-order valence-corrected chi connectivity index (χ4v) is 1.58. The highest BCUT2D eigenvalue weighted by Crippen LogP contribution is 2.30. The van der Waals surface area contributed by atoms with Crippen molar-refractivity contribution in [3.63, 3.8) is 0 Å². The first-order chi connectivity index (χ1) is 7.31. The Balaban J connectivity index is 2.89. The Morgan fingerprint density at radius 3 is 2.25 bits per heavy atom. The molecule has 1 unspecified atom stereocenters. The summed E-state index contributed by atoms with van der Waals surface area (Å²) >= 11 is 0. The number of aliphatic hydroxyl groups excluding tert-OH is 4. The second kappa shape index (κ2) is 4.62. The van der Waals surface area contributed by atoms with Gasteiger partial charge in [0.25, 0.3) is 0 Å². The van der Waals surface area contributed by atoms with Crippen molar-refractivity contribution < 1.29 is 40.2 Å². The number of carboxylic acids is 1. The molecule has 0 bridgehead atoms. The van der Waals surface area contributed by atoms with Crippen molar-refractivity contribution in [3.8, 4) is 0 Å². The zero-order chi connectivity index (χ0) is 12.5. The van der Waals surface area contributed by atoms with E-state index in [0.29, 0.717) is 0 Å². The molecule has 0 spiro atoms. The van der Waals surface area contributed by atoms with Crippen molar-refractivity contribution in [2.24, 2.45) is 0 Å². The van der Waals surface area contributed by atoms with Crippen LogP contribution in [-0.4, -0.2) is 73.4 Å². The van der Waals surface area contributed by atoms with Gasteiger partial charge in [0.15, 0.2) is 0 Å². The number of carbonyl (C=O) groups is 1. The van der Waals surface area contributed by atoms with Gasteiger partial charge in [-0.25, -0.2) is 0 Å². The van der Waals surface area contributed by atoms with Gasteiger partial charge in [0.2, 0.25) is 5.79 Å². The summed E-state index contributed by atoms with van der Waals surface area (Å²) in [6, 6.07) is 0. The van der Waals surface area contributed by atoms with Crippen LogP contribution in [0.5, 0.6) is 0 Å². The summed E-state index contributed by atoms with van der Waals surface area (Å²) in [7, 11) is 0. The molecule has 0 aromatic rings. The van der Waals surface area contributed by atoms with Gasteiger partial charge in [-0.3, -0.25) is 4.79 Å². The smallest absolute Gasteiger partial charge is 0.308 e. The van der Waals surface area contributed by atoms with E-state index in [1.165, 1.54) is 0 Å². The third-order valence-electron chi connectivity index (χ3n) is 2.46. The summed E-state index contributed by atoms with van der Waals surface area (Å²) < 4.78 is 4.69. The molecule has 6 N–H and O–H groups in total. The van der Waals surface area contributed by atoms with Crippen LogP contribution in [0.15, 0.2) is 0 Å². The van der Waals surface area contributed by atoms with Gasteiger partial charge in [-0.15, -0.1) is 0 Å². The van der Waals surface area contributed by atoms with Crippen LogP contribution in [0.2, 0.25) is 0 Å². The van der Waals surface area contributed by atoms with E-state index in [4.69, 9.17) is 14.9 Å². The summed E-state index contributed by atoms with van der Waals surface area (Å²) in [5.41, 5.74) is 0. The van der Waals surface area contributed by atoms with Gasteiger partial charge in [0, 0.05) is 0 Å². The number of hydrogen-bond donors (Lipinski definition) is 6. The van der Waals surface area contributed by atoms with E-state index in [-0.39, 0.29) is 0 Å². The molecule has 0 aromatic heterocycles. The van der Waals surface area contributed by atoms with Crippen LogP contribution in [0.3, 0.4) is 0 Å². The van der Waals surface area contributed by atoms with E-state index in [1.807, 2.05) is 0 Å². The summed E-state index contributed by atoms with van der Waals surface area (Å²) in [6.45, 7) is -0.729. The SMILES string of the molecule is O=C(O)CC1(O)O[C@H](CO)[C@@H](O)[C@H](O)[C@H]1O. The van der Waals surface area contributed by atoms with Crippen molar-refractivity contribution in [1.82, 2.24) is 0 Å². The Morgan fingerprint density at radius 1 is 1.25 bits per heavy atom. The fraction of sp³-hybridized carbons (Fsp3) is 0.875. The Kier molecular flexibility index (Phi) is 3.84. The average Bonchev–Trinajstić information content (AvgIpc) is 2.20. The van der Waals surface area contributed by atoms with E-state index < -0.39 is 49.2 Å². The lowest BCUT2D eigenvalue weighted by atomic mass is 9.91. The summed E-state index contributed by atoms with van der Waals surface area (Å²) in [5.74, 6) is -3.99. The maximum absolute atomic E-state index is 10.4. The predicted molar refractivity (Wildman–Crippen MR) is 47.2 cm³/mol. The number of carboxylic acid groups (broad SMARTS) is 1. The third kappa shape index (κ3) is 2.32. The monoisotopic (exact) mass is 238 g/mol. The molecule has 0 radical (unpaired) electrons. The Morgan fingerprint density at radius 2 is 1.81 bits per heavy atom. The Hall–Kier alpha value is -0.770. The number of ether oxygens (including phenoxy) is 1. The average molecular weight is 238 g/mol. The molecule has 1 aliphatic rings. The molecule has 5 atom stereocenters. The van der Waals surface area contributed by atoms with Gasteiger partial charge in [0.05, 0.1) is 6.61 Å². The minimum atomic E-state index is -2.53. The van der Waals surface area contributed by atoms with Crippen molar-refractivity contribution in [3.05, 3.63) is 0 Å². The molecule has 94 valence electrons. The molecule has 16 heavy (non-hydrogen) atoms. The lowest BCUT2D eigenvalue weighted by Crippen LogP contribution is -2.65. The van der Waals surface area contributed by atoms with Crippen LogP contribution < -0.4 is 0 Å². The molecule has 0 aromatic carbocycles. The standard InChI is InChI=1S/C8H14O8/c9-2-3-5(12)6(13)7(14)8(15,16-3)1-4(10)11/h3,5-7,9,12-15H,1-2H2,(H,10,11)/t3-,5-,6+,7-,8?/m1/s1. The first kappa shape index (κ1) is 13.3. The number of hydrogen-bond acceptors (Lipinski definition) is 7. The van der Waals surface area contributed by atoms with Crippen molar-refractivity contribution in [2.45, 2.75) is 36.6 Å². The van der Waals surface area contributed by atoms with Crippen molar-refractivity contribution in [2.75, 3.05) is 6.61 Å². The quantitative estimate of drug-likeness (QED) is 0.298. The fourth-order valence-electron chi connectivity index (χ4n) is 1.58. The van der Waals surface area contributed by atoms with Crippen LogP contribution in [0.1, 0.15) is 6.42 Å². The highest BCUT2D eigenvalue weighted by molar-refractivity contribution is 5.68. The van der Waals surface area contributed by atoms with Gasteiger partial charge < -0.3 is 35.4 Å². The highest BCUT2D eigenvalue weighted by Gasteiger charge is 2.53. The van der Waals surface area contributed by atoms with Gasteiger partial charge in [-0.05, 0) is 0 Å². The summed E-state index contributed by atoms with van der Waals surface area (Å²) in [5, 5.41) is 55.0. The molecule has 8 nitrogen and oxygen atoms in total. The van der Waals surface area contributed by atoms with Crippen LogP contribution in [0.4, 0.5) is 0 Å². The van der Waals surface area contributed by atoms with E-state index in [0.717, 1.165) is 0 Å². The summed E-state index contributed by atoms with van der Waals surface area (Å²) in [6.07, 6.45) is -7.71. The number of rotatable bonds is 3. The van der Waals surface area contributed by atoms with Crippen molar-refractivity contribution >= 4 is 5.97 Å². The zero-order valence-electron chi connectivity index (χ0n) is 8.22. The minimum Gasteiger partial charge on any atom is -0.481 e. The van der Waals surface area contributed by atoms with E-state index in [1.54, 1.807) is 0 Å². The first-order valence-electron chi connectivity index (χ1n) is 4.59. The highest BCUT2D eigenvalue weighted by atomic mass is 16.7. The molecule has 1 aliphatic heterocycles. The van der Waals surface area contributed by atoms with Gasteiger partial charge in [-0.2, -0.15) is 0 Å². The normalized spacial score (nSPS) is 44.3. The topological polar surface area (TPSA) is 148 Å². The molecule has 1 rings (SSSR count). The molecular weight excluding hydrogens is 224 g/mol. The van der Waals surface area contributed by atoms with Crippen LogP contribution >= 0.6 is 0 Å². The van der Waals surface area contributed by atoms with E-state index >= 15 is 0 Å². The van der Waals surface area contributed by atoms with Crippen LogP contribution in [-0.2, 0) is 9.53 Å². The van der Waals surface area contributed by atoms with Crippen LogP contribution in [0, 0.1) is 0 Å². The van der Waals surface area contributed by atoms with E-state index in [9.17, 15) is 25.2 Å². The number of aliphatic carboxylic acids is 1. The Bertz CT molecular complexity index is 267. The maximum atomic E-state index is 10.4. The third-order valence-corrected chi connectivity index (χ3v) is 2.46. The van der Waals surface area contributed by atoms with Crippen LogP contribution in [0.25, 0.3) is 0 Å². The predicted octanol–water partition coefficient (Wildman–Crippen LogP) is -3.38. The lowest BCUT2D eigenvalue weighted by Gasteiger charge is -2.44. The van der Waals surface area contributed by atoms with Gasteiger partial charge in [0.1, 0.15) is 30.8 Å². The zero-order valence-corrected chi connectivity index (χ0v) is 8.22. The molecule has 0 saturated carbocycles. The molecule has 8 heteroatoms. The minimum absolute atomic E-state index is 0.729. The maximum Gasteiger partial charge on any atom is 0.308 e. The van der Waals surface area contributed by atoms with Gasteiger partial charge in [-0.1, -0.05) is 0 Å². The van der Waals surface area contributed by atoms with Gasteiger partial charge >= 0.3 is 5.97 Å². The second-order valence-electron chi connectivity index (χ2n) is 3.68.